The number of methoxy groups -OCH3 is 1. The highest BCUT2D eigenvalue weighted by atomic mass is 32.2. The third-order valence-electron chi connectivity index (χ3n) is 8.54. The molecule has 0 spiro atoms. The molecule has 1 aromatic carbocycles. The lowest BCUT2D eigenvalue weighted by Crippen LogP contribution is -2.57. The summed E-state index contributed by atoms with van der Waals surface area (Å²) in [6, 6.07) is 8.36. The molecule has 0 amide bonds. The van der Waals surface area contributed by atoms with Crippen molar-refractivity contribution in [2.75, 3.05) is 60.5 Å². The average Bonchev–Trinajstić information content (AvgIpc) is 2.94. The number of sulfone groups is 1. The van der Waals surface area contributed by atoms with E-state index in [9.17, 15) is 13.5 Å². The van der Waals surface area contributed by atoms with Gasteiger partial charge in [0, 0.05) is 68.4 Å². The van der Waals surface area contributed by atoms with Crippen LogP contribution in [0.15, 0.2) is 36.7 Å². The van der Waals surface area contributed by atoms with Crippen LogP contribution in [0.1, 0.15) is 45.1 Å². The van der Waals surface area contributed by atoms with E-state index in [1.54, 1.807) is 13.3 Å². The van der Waals surface area contributed by atoms with Gasteiger partial charge in [0.05, 0.1) is 18.0 Å². The van der Waals surface area contributed by atoms with Gasteiger partial charge in [-0.3, -0.25) is 0 Å². The first-order valence-electron chi connectivity index (χ1n) is 13.9. The molecule has 2 aliphatic rings. The van der Waals surface area contributed by atoms with Gasteiger partial charge in [-0.2, -0.15) is 4.98 Å². The maximum Gasteiger partial charge on any atom is 0.227 e. The molecule has 2 atom stereocenters. The summed E-state index contributed by atoms with van der Waals surface area (Å²) in [7, 11) is -1.36. The zero-order valence-electron chi connectivity index (χ0n) is 24.0. The van der Waals surface area contributed by atoms with E-state index in [2.05, 4.69) is 59.1 Å². The Kier molecular flexibility index (Phi) is 7.91. The van der Waals surface area contributed by atoms with Crippen LogP contribution in [0, 0.1) is 5.92 Å². The number of hydrogen-bond acceptors (Lipinski definition) is 10. The molecular weight excluding hydrogens is 528 g/mol. The first-order valence-corrected chi connectivity index (χ1v) is 16.0. The molecule has 2 aliphatic heterocycles. The van der Waals surface area contributed by atoms with Gasteiger partial charge in [-0.15, -0.1) is 0 Å². The van der Waals surface area contributed by atoms with E-state index in [1.165, 1.54) is 11.8 Å². The third kappa shape index (κ3) is 5.73. The zero-order chi connectivity index (χ0) is 28.7. The molecule has 0 bridgehead atoms. The molecular formula is C29H40N6O4S. The van der Waals surface area contributed by atoms with Crippen LogP contribution in [0.2, 0.25) is 0 Å². The molecule has 40 heavy (non-hydrogen) atoms. The molecule has 4 heterocycles. The van der Waals surface area contributed by atoms with Gasteiger partial charge in [0.2, 0.25) is 5.95 Å². The Balaban J connectivity index is 1.38. The molecule has 0 saturated carbocycles. The minimum absolute atomic E-state index is 0.00536. The highest BCUT2D eigenvalue weighted by molar-refractivity contribution is 7.90. The maximum absolute atomic E-state index is 11.8. The number of ether oxygens (including phenoxy) is 1. The van der Waals surface area contributed by atoms with Gasteiger partial charge in [-0.1, -0.05) is 19.9 Å². The number of piperidine rings is 1. The maximum atomic E-state index is 11.8. The standard InChI is InChI=1S/C29H40N6O4S/c1-19(2)22-6-7-25(35-16-21(20(35)3)17-40(5,37)38)24-15-31-27(14-23(22)24)32-26-8-11-30-28(33-26)34-12-9-29(18-36,39-4)10-13-34/h6-8,11,14-15,19-21,36H,9-10,12-13,16-18H2,1-5H3,(H,30,31,32,33)/t20-,21-/m1/s1. The van der Waals surface area contributed by atoms with Crippen molar-refractivity contribution in [2.24, 2.45) is 5.92 Å². The summed E-state index contributed by atoms with van der Waals surface area (Å²) in [5, 5.41) is 15.3. The molecule has 0 radical (unpaired) electrons. The van der Waals surface area contributed by atoms with Crippen molar-refractivity contribution >= 4 is 43.9 Å². The fourth-order valence-corrected chi connectivity index (χ4v) is 7.06. The molecule has 10 nitrogen and oxygen atoms in total. The number of rotatable bonds is 9. The number of nitrogens with one attached hydrogen (secondary N) is 1. The van der Waals surface area contributed by atoms with Crippen molar-refractivity contribution in [3.63, 3.8) is 0 Å². The second-order valence-electron chi connectivity index (χ2n) is 11.6. The zero-order valence-corrected chi connectivity index (χ0v) is 24.8. The van der Waals surface area contributed by atoms with Crippen LogP contribution in [0.3, 0.4) is 0 Å². The summed E-state index contributed by atoms with van der Waals surface area (Å²) >= 11 is 0. The predicted molar refractivity (Wildman–Crippen MR) is 159 cm³/mol. The van der Waals surface area contributed by atoms with Crippen molar-refractivity contribution < 1.29 is 18.3 Å². The van der Waals surface area contributed by atoms with E-state index in [1.807, 2.05) is 12.3 Å². The van der Waals surface area contributed by atoms with E-state index >= 15 is 0 Å². The van der Waals surface area contributed by atoms with Gasteiger partial charge in [0.25, 0.3) is 0 Å². The Labute approximate surface area is 236 Å². The van der Waals surface area contributed by atoms with Crippen LogP contribution in [0.4, 0.5) is 23.3 Å². The molecule has 5 rings (SSSR count). The smallest absolute Gasteiger partial charge is 0.227 e. The van der Waals surface area contributed by atoms with Crippen LogP contribution in [-0.2, 0) is 14.6 Å². The van der Waals surface area contributed by atoms with E-state index in [4.69, 9.17) is 14.7 Å². The molecule has 2 saturated heterocycles. The number of pyridine rings is 1. The Bertz CT molecular complexity index is 1470. The highest BCUT2D eigenvalue weighted by Gasteiger charge is 2.38. The second-order valence-corrected chi connectivity index (χ2v) is 13.8. The summed E-state index contributed by atoms with van der Waals surface area (Å²) in [6.07, 6.45) is 6.37. The van der Waals surface area contributed by atoms with Crippen molar-refractivity contribution in [1.29, 1.82) is 0 Å². The van der Waals surface area contributed by atoms with Gasteiger partial charge < -0.3 is 25.0 Å². The van der Waals surface area contributed by atoms with Crippen LogP contribution >= 0.6 is 0 Å². The van der Waals surface area contributed by atoms with E-state index in [-0.39, 0.29) is 24.3 Å². The van der Waals surface area contributed by atoms with Crippen molar-refractivity contribution in [1.82, 2.24) is 15.0 Å². The molecule has 216 valence electrons. The van der Waals surface area contributed by atoms with E-state index in [0.717, 1.165) is 16.5 Å². The van der Waals surface area contributed by atoms with Crippen molar-refractivity contribution in [3.8, 4) is 0 Å². The van der Waals surface area contributed by atoms with Gasteiger partial charge in [0.1, 0.15) is 21.5 Å². The summed E-state index contributed by atoms with van der Waals surface area (Å²) < 4.78 is 29.3. The fourth-order valence-electron chi connectivity index (χ4n) is 5.90. The van der Waals surface area contributed by atoms with Gasteiger partial charge in [0.15, 0.2) is 0 Å². The number of benzene rings is 1. The normalized spacial score (nSPS) is 21.1. The molecule has 0 unspecified atom stereocenters. The molecule has 2 aromatic heterocycles. The number of nitrogens with zero attached hydrogens (tertiary/aromatic N) is 5. The number of anilines is 4. The van der Waals surface area contributed by atoms with Crippen LogP contribution < -0.4 is 15.1 Å². The quantitative estimate of drug-likeness (QED) is 0.395. The first kappa shape index (κ1) is 28.5. The Hall–Kier alpha value is -3.02. The van der Waals surface area contributed by atoms with E-state index < -0.39 is 15.4 Å². The van der Waals surface area contributed by atoms with E-state index in [0.29, 0.717) is 56.0 Å². The summed E-state index contributed by atoms with van der Waals surface area (Å²) in [6.45, 7) is 8.58. The molecule has 2 fully saturated rings. The number of hydrogen-bond donors (Lipinski definition) is 2. The SMILES string of the molecule is COC1(CO)CCN(c2nccc(Nc3cc4c(C(C)C)ccc(N5C[C@H](CS(C)(=O)=O)[C@H]5C)c4cn3)n2)CC1. The van der Waals surface area contributed by atoms with Gasteiger partial charge >= 0.3 is 0 Å². The molecule has 2 N–H and O–H groups in total. The molecule has 3 aromatic rings. The van der Waals surface area contributed by atoms with Crippen LogP contribution in [0.25, 0.3) is 10.8 Å². The highest BCUT2D eigenvalue weighted by Crippen LogP contribution is 2.39. The van der Waals surface area contributed by atoms with Gasteiger partial charge in [-0.05, 0) is 54.8 Å². The number of aromatic nitrogens is 3. The fraction of sp³-hybridized carbons (Fsp3) is 0.552. The predicted octanol–water partition coefficient (Wildman–Crippen LogP) is 3.74. The lowest BCUT2D eigenvalue weighted by atomic mass is 9.88. The minimum Gasteiger partial charge on any atom is -0.393 e. The average molecular weight is 569 g/mol. The largest absolute Gasteiger partial charge is 0.393 e. The monoisotopic (exact) mass is 568 g/mol. The Morgan fingerprint density at radius 2 is 1.90 bits per heavy atom. The third-order valence-corrected chi connectivity index (χ3v) is 9.58. The second kappa shape index (κ2) is 11.1. The van der Waals surface area contributed by atoms with Crippen LogP contribution in [-0.4, -0.2) is 85.5 Å². The number of aliphatic hydroxyl groups is 1. The van der Waals surface area contributed by atoms with Gasteiger partial charge in [-0.25, -0.2) is 18.4 Å². The lowest BCUT2D eigenvalue weighted by Gasteiger charge is -2.48. The summed E-state index contributed by atoms with van der Waals surface area (Å²) in [5.41, 5.74) is 1.82. The topological polar surface area (TPSA) is 121 Å². The first-order chi connectivity index (χ1) is 19.0. The Morgan fingerprint density at radius 1 is 1.15 bits per heavy atom. The van der Waals surface area contributed by atoms with Crippen molar-refractivity contribution in [2.45, 2.75) is 51.2 Å². The minimum atomic E-state index is -3.01. The number of aliphatic hydroxyl groups excluding tert-OH is 1. The Morgan fingerprint density at radius 3 is 2.52 bits per heavy atom. The van der Waals surface area contributed by atoms with Crippen LogP contribution in [0.5, 0.6) is 0 Å². The lowest BCUT2D eigenvalue weighted by molar-refractivity contribution is -0.0674. The molecule has 0 aliphatic carbocycles. The molecule has 11 heteroatoms. The summed E-state index contributed by atoms with van der Waals surface area (Å²) in [4.78, 5) is 18.4. The number of fused-ring (bicyclic) bond motifs is 1. The summed E-state index contributed by atoms with van der Waals surface area (Å²) in [5.74, 6) is 2.65. The van der Waals surface area contributed by atoms with Crippen molar-refractivity contribution in [3.05, 3.63) is 42.2 Å².